The van der Waals surface area contributed by atoms with Crippen molar-refractivity contribution in [2.24, 2.45) is 5.73 Å². The van der Waals surface area contributed by atoms with E-state index in [4.69, 9.17) is 10.8 Å². The van der Waals surface area contributed by atoms with E-state index in [0.29, 0.717) is 25.1 Å². The van der Waals surface area contributed by atoms with Gasteiger partial charge in [-0.05, 0) is 43.7 Å². The summed E-state index contributed by atoms with van der Waals surface area (Å²) < 4.78 is 0. The van der Waals surface area contributed by atoms with Crippen LogP contribution >= 0.6 is 0 Å². The molecule has 0 fully saturated rings. The molecule has 0 heterocycles. The summed E-state index contributed by atoms with van der Waals surface area (Å²) in [5.41, 5.74) is 6.88. The van der Waals surface area contributed by atoms with Crippen molar-refractivity contribution in [1.29, 1.82) is 0 Å². The molecule has 1 aromatic carbocycles. The SMILES string of the molecule is Cc1cc(C(=O)O)ccc1NC(=O)CCCN. The van der Waals surface area contributed by atoms with Crippen molar-refractivity contribution in [3.05, 3.63) is 29.3 Å². The summed E-state index contributed by atoms with van der Waals surface area (Å²) in [4.78, 5) is 22.2. The number of nitrogens with two attached hydrogens (primary N) is 1. The summed E-state index contributed by atoms with van der Waals surface area (Å²) in [6, 6.07) is 4.59. The Morgan fingerprint density at radius 2 is 2.12 bits per heavy atom. The van der Waals surface area contributed by atoms with Crippen LogP contribution in [-0.4, -0.2) is 23.5 Å². The molecule has 92 valence electrons. The van der Waals surface area contributed by atoms with Gasteiger partial charge in [0.05, 0.1) is 5.56 Å². The first kappa shape index (κ1) is 13.2. The van der Waals surface area contributed by atoms with E-state index in [1.807, 2.05) is 0 Å². The zero-order chi connectivity index (χ0) is 12.8. The maximum Gasteiger partial charge on any atom is 0.335 e. The molecule has 0 aliphatic carbocycles. The lowest BCUT2D eigenvalue weighted by Gasteiger charge is -2.08. The lowest BCUT2D eigenvalue weighted by molar-refractivity contribution is -0.116. The maximum atomic E-state index is 11.5. The Balaban J connectivity index is 2.72. The summed E-state index contributed by atoms with van der Waals surface area (Å²) in [5.74, 6) is -1.09. The topological polar surface area (TPSA) is 92.4 Å². The fourth-order valence-corrected chi connectivity index (χ4v) is 1.41. The van der Waals surface area contributed by atoms with E-state index in [-0.39, 0.29) is 11.5 Å². The number of carboxylic acid groups (broad SMARTS) is 1. The molecule has 0 spiro atoms. The second-order valence-electron chi connectivity index (χ2n) is 3.78. The van der Waals surface area contributed by atoms with E-state index in [9.17, 15) is 9.59 Å². The fraction of sp³-hybridized carbons (Fsp3) is 0.333. The van der Waals surface area contributed by atoms with Gasteiger partial charge in [0.15, 0.2) is 0 Å². The zero-order valence-corrected chi connectivity index (χ0v) is 9.69. The average molecular weight is 236 g/mol. The third kappa shape index (κ3) is 3.88. The Kier molecular flexibility index (Phi) is 4.66. The highest BCUT2D eigenvalue weighted by Gasteiger charge is 2.07. The normalized spacial score (nSPS) is 10.0. The minimum atomic E-state index is -0.978. The molecule has 17 heavy (non-hydrogen) atoms. The molecule has 1 amide bonds. The predicted molar refractivity (Wildman–Crippen MR) is 65.1 cm³/mol. The number of nitrogens with one attached hydrogen (secondary N) is 1. The van der Waals surface area contributed by atoms with E-state index in [2.05, 4.69) is 5.32 Å². The maximum absolute atomic E-state index is 11.5. The predicted octanol–water partition coefficient (Wildman–Crippen LogP) is 1.37. The second kappa shape index (κ2) is 6.00. The lowest BCUT2D eigenvalue weighted by atomic mass is 10.1. The van der Waals surface area contributed by atoms with Crippen molar-refractivity contribution >= 4 is 17.6 Å². The highest BCUT2D eigenvalue weighted by Crippen LogP contribution is 2.16. The van der Waals surface area contributed by atoms with Gasteiger partial charge in [-0.15, -0.1) is 0 Å². The quantitative estimate of drug-likeness (QED) is 0.719. The average Bonchev–Trinajstić information content (AvgIpc) is 2.28. The molecule has 0 aliphatic heterocycles. The summed E-state index contributed by atoms with van der Waals surface area (Å²) >= 11 is 0. The van der Waals surface area contributed by atoms with Crippen molar-refractivity contribution in [2.75, 3.05) is 11.9 Å². The number of aromatic carboxylic acids is 1. The highest BCUT2D eigenvalue weighted by atomic mass is 16.4. The molecular weight excluding hydrogens is 220 g/mol. The number of aryl methyl sites for hydroxylation is 1. The smallest absolute Gasteiger partial charge is 0.335 e. The second-order valence-corrected chi connectivity index (χ2v) is 3.78. The van der Waals surface area contributed by atoms with Gasteiger partial charge in [-0.3, -0.25) is 4.79 Å². The molecule has 0 aromatic heterocycles. The molecule has 0 saturated heterocycles. The van der Waals surface area contributed by atoms with Gasteiger partial charge in [0.1, 0.15) is 0 Å². The Labute approximate surface area is 99.6 Å². The van der Waals surface area contributed by atoms with Crippen LogP contribution in [0.5, 0.6) is 0 Å². The van der Waals surface area contributed by atoms with Crippen molar-refractivity contribution in [1.82, 2.24) is 0 Å². The number of carbonyl (C=O) groups excluding carboxylic acids is 1. The van der Waals surface area contributed by atoms with Gasteiger partial charge in [0, 0.05) is 12.1 Å². The molecule has 0 radical (unpaired) electrons. The van der Waals surface area contributed by atoms with Crippen LogP contribution in [0.15, 0.2) is 18.2 Å². The molecule has 5 heteroatoms. The number of hydrogen-bond acceptors (Lipinski definition) is 3. The Hall–Kier alpha value is -1.88. The summed E-state index contributed by atoms with van der Waals surface area (Å²) in [6.45, 7) is 2.23. The molecule has 0 saturated carbocycles. The van der Waals surface area contributed by atoms with Crippen LogP contribution in [0.2, 0.25) is 0 Å². The van der Waals surface area contributed by atoms with E-state index in [1.165, 1.54) is 12.1 Å². The molecule has 1 aromatic rings. The first-order valence-electron chi connectivity index (χ1n) is 5.38. The van der Waals surface area contributed by atoms with Crippen LogP contribution < -0.4 is 11.1 Å². The highest BCUT2D eigenvalue weighted by molar-refractivity contribution is 5.93. The molecule has 0 unspecified atom stereocenters. The van der Waals surface area contributed by atoms with Crippen molar-refractivity contribution in [3.8, 4) is 0 Å². The van der Waals surface area contributed by atoms with Gasteiger partial charge < -0.3 is 16.2 Å². The van der Waals surface area contributed by atoms with Gasteiger partial charge in [-0.25, -0.2) is 4.79 Å². The number of carbonyl (C=O) groups is 2. The van der Waals surface area contributed by atoms with Gasteiger partial charge in [-0.2, -0.15) is 0 Å². The number of anilines is 1. The van der Waals surface area contributed by atoms with E-state index >= 15 is 0 Å². The zero-order valence-electron chi connectivity index (χ0n) is 9.69. The molecule has 0 atom stereocenters. The van der Waals surface area contributed by atoms with Gasteiger partial charge in [-0.1, -0.05) is 0 Å². The third-order valence-electron chi connectivity index (χ3n) is 2.36. The first-order valence-corrected chi connectivity index (χ1v) is 5.38. The molecule has 4 N–H and O–H groups in total. The monoisotopic (exact) mass is 236 g/mol. The summed E-state index contributed by atoms with van der Waals surface area (Å²) in [7, 11) is 0. The Morgan fingerprint density at radius 3 is 2.65 bits per heavy atom. The molecule has 5 nitrogen and oxygen atoms in total. The lowest BCUT2D eigenvalue weighted by Crippen LogP contribution is -2.14. The third-order valence-corrected chi connectivity index (χ3v) is 2.36. The van der Waals surface area contributed by atoms with Crippen molar-refractivity contribution in [3.63, 3.8) is 0 Å². The minimum Gasteiger partial charge on any atom is -0.478 e. The number of benzene rings is 1. The Bertz CT molecular complexity index is 430. The minimum absolute atomic E-state index is 0.110. The molecular formula is C12H16N2O3. The summed E-state index contributed by atoms with van der Waals surface area (Å²) in [6.07, 6.45) is 1.01. The van der Waals surface area contributed by atoms with Gasteiger partial charge in [0.2, 0.25) is 5.91 Å². The first-order chi connectivity index (χ1) is 8.04. The number of rotatable bonds is 5. The van der Waals surface area contributed by atoms with Crippen molar-refractivity contribution in [2.45, 2.75) is 19.8 Å². The molecule has 0 bridgehead atoms. The number of amides is 1. The van der Waals surface area contributed by atoms with E-state index < -0.39 is 5.97 Å². The van der Waals surface area contributed by atoms with E-state index in [0.717, 1.165) is 5.56 Å². The summed E-state index contributed by atoms with van der Waals surface area (Å²) in [5, 5.41) is 11.5. The number of hydrogen-bond donors (Lipinski definition) is 3. The fourth-order valence-electron chi connectivity index (χ4n) is 1.41. The van der Waals surface area contributed by atoms with Crippen LogP contribution in [0.4, 0.5) is 5.69 Å². The van der Waals surface area contributed by atoms with Crippen LogP contribution in [0, 0.1) is 6.92 Å². The van der Waals surface area contributed by atoms with Crippen LogP contribution in [0.3, 0.4) is 0 Å². The van der Waals surface area contributed by atoms with Crippen molar-refractivity contribution < 1.29 is 14.7 Å². The van der Waals surface area contributed by atoms with Gasteiger partial charge >= 0.3 is 5.97 Å². The molecule has 0 aliphatic rings. The standard InChI is InChI=1S/C12H16N2O3/c1-8-7-9(12(16)17)4-5-10(8)14-11(15)3-2-6-13/h4-5,7H,2-3,6,13H2,1H3,(H,14,15)(H,16,17). The van der Waals surface area contributed by atoms with Gasteiger partial charge in [0.25, 0.3) is 0 Å². The van der Waals surface area contributed by atoms with E-state index in [1.54, 1.807) is 13.0 Å². The van der Waals surface area contributed by atoms with Crippen LogP contribution in [0.1, 0.15) is 28.8 Å². The Morgan fingerprint density at radius 1 is 1.41 bits per heavy atom. The molecule has 1 rings (SSSR count). The van der Waals surface area contributed by atoms with Crippen LogP contribution in [-0.2, 0) is 4.79 Å². The largest absolute Gasteiger partial charge is 0.478 e. The van der Waals surface area contributed by atoms with Crippen LogP contribution in [0.25, 0.3) is 0 Å². The number of carboxylic acids is 1.